The smallest absolute Gasteiger partial charge is 0.144 e. The van der Waals surface area contributed by atoms with Crippen LogP contribution in [-0.4, -0.2) is 0 Å². The summed E-state index contributed by atoms with van der Waals surface area (Å²) in [6, 6.07) is 68.5. The monoisotopic (exact) mass is 809 g/mol. The Hall–Kier alpha value is -7.62. The molecule has 2 aromatic heterocycles. The molecule has 3 nitrogen and oxygen atoms in total. The maximum Gasteiger partial charge on any atom is 0.144 e. The Morgan fingerprint density at radius 2 is 0.873 bits per heavy atom. The van der Waals surface area contributed by atoms with Crippen LogP contribution in [0.15, 0.2) is 197 Å². The zero-order valence-electron chi connectivity index (χ0n) is 35.7. The molecule has 0 saturated heterocycles. The Morgan fingerprint density at radius 1 is 0.349 bits per heavy atom. The van der Waals surface area contributed by atoms with E-state index < -0.39 is 0 Å². The lowest BCUT2D eigenvalue weighted by molar-refractivity contribution is 0.660. The third-order valence-electron chi connectivity index (χ3n) is 14.3. The molecule has 0 bridgehead atoms. The number of rotatable bonds is 5. The van der Waals surface area contributed by atoms with Crippen LogP contribution in [0.25, 0.3) is 88.4 Å². The van der Waals surface area contributed by atoms with Crippen molar-refractivity contribution < 1.29 is 8.83 Å². The summed E-state index contributed by atoms with van der Waals surface area (Å²) in [5, 5.41) is 4.22. The predicted octanol–water partition coefficient (Wildman–Crippen LogP) is 16.9. The summed E-state index contributed by atoms with van der Waals surface area (Å²) in [7, 11) is 0. The molecule has 13 rings (SSSR count). The van der Waals surface area contributed by atoms with E-state index in [1.807, 2.05) is 6.07 Å². The first-order valence-electron chi connectivity index (χ1n) is 22.0. The summed E-state index contributed by atoms with van der Waals surface area (Å²) in [4.78, 5) is 2.42. The van der Waals surface area contributed by atoms with Crippen LogP contribution in [0, 0.1) is 0 Å². The van der Waals surface area contributed by atoms with E-state index in [9.17, 15) is 0 Å². The summed E-state index contributed by atoms with van der Waals surface area (Å²) in [5.74, 6) is 0. The van der Waals surface area contributed by atoms with Gasteiger partial charge in [-0.1, -0.05) is 161 Å². The molecule has 0 saturated carbocycles. The SMILES string of the molecule is CC1(C)c2ccccc2-c2ccc(N(c3ccc4c(c3)C(C)(C)c3ccccc3-4)c3ccc4c(c3)oc3c(-c5ccc(-c6ccccc6)cc5)c5c(cc34)oc3ccccc35)cc21. The summed E-state index contributed by atoms with van der Waals surface area (Å²) < 4.78 is 13.8. The maximum absolute atomic E-state index is 7.17. The fourth-order valence-corrected chi connectivity index (χ4v) is 11.1. The van der Waals surface area contributed by atoms with E-state index in [0.29, 0.717) is 0 Å². The molecule has 0 amide bonds. The third kappa shape index (κ3) is 5.14. The van der Waals surface area contributed by atoms with Gasteiger partial charge in [0.05, 0.1) is 0 Å². The zero-order chi connectivity index (χ0) is 42.2. The second-order valence-corrected chi connectivity index (χ2v) is 18.5. The minimum Gasteiger partial charge on any atom is -0.456 e. The van der Waals surface area contributed by atoms with E-state index in [2.05, 4.69) is 215 Å². The van der Waals surface area contributed by atoms with Gasteiger partial charge in [0.25, 0.3) is 0 Å². The summed E-state index contributed by atoms with van der Waals surface area (Å²) in [6.45, 7) is 9.42. The van der Waals surface area contributed by atoms with Crippen molar-refractivity contribution in [3.05, 3.63) is 210 Å². The molecule has 9 aromatic carbocycles. The second kappa shape index (κ2) is 13.0. The normalized spacial score (nSPS) is 14.3. The molecule has 0 fully saturated rings. The van der Waals surface area contributed by atoms with Crippen molar-refractivity contribution in [2.24, 2.45) is 0 Å². The average Bonchev–Trinajstić information content (AvgIpc) is 4.01. The van der Waals surface area contributed by atoms with E-state index in [0.717, 1.165) is 72.1 Å². The van der Waals surface area contributed by atoms with Crippen LogP contribution in [0.5, 0.6) is 0 Å². The maximum atomic E-state index is 7.17. The van der Waals surface area contributed by atoms with Crippen LogP contribution in [0.1, 0.15) is 49.9 Å². The Bertz CT molecular complexity index is 3570. The molecule has 3 heteroatoms. The van der Waals surface area contributed by atoms with Gasteiger partial charge in [0.1, 0.15) is 22.3 Å². The van der Waals surface area contributed by atoms with Crippen LogP contribution in [0.4, 0.5) is 17.1 Å². The highest BCUT2D eigenvalue weighted by Gasteiger charge is 2.38. The van der Waals surface area contributed by atoms with Crippen molar-refractivity contribution in [3.63, 3.8) is 0 Å². The van der Waals surface area contributed by atoms with Gasteiger partial charge in [-0.15, -0.1) is 0 Å². The van der Waals surface area contributed by atoms with Crippen LogP contribution in [0.3, 0.4) is 0 Å². The van der Waals surface area contributed by atoms with Gasteiger partial charge in [-0.05, 0) is 110 Å². The first-order valence-corrected chi connectivity index (χ1v) is 22.0. The topological polar surface area (TPSA) is 29.5 Å². The number of furan rings is 2. The van der Waals surface area contributed by atoms with Crippen molar-refractivity contribution in [1.29, 1.82) is 0 Å². The standard InChI is InChI=1S/C60H43NO2/c1-59(2)49-19-11-8-16-42(49)44-29-26-39(32-51(44)59)61(40-27-30-45-43-17-9-12-20-50(43)60(3,4)52(45)33-40)41-28-31-46-48-35-55-57(47-18-10-13-21-53(47)62-55)56(58(48)63-54(46)34-41)38-24-22-37(23-25-38)36-14-6-5-7-15-36/h5-35H,1-4H3. The molecule has 0 atom stereocenters. The lowest BCUT2D eigenvalue weighted by atomic mass is 9.82. The number of hydrogen-bond donors (Lipinski definition) is 0. The Morgan fingerprint density at radius 3 is 1.54 bits per heavy atom. The molecule has 0 spiro atoms. The Kier molecular flexibility index (Phi) is 7.42. The Balaban J connectivity index is 1.02. The van der Waals surface area contributed by atoms with Gasteiger partial charge >= 0.3 is 0 Å². The number of benzene rings is 9. The van der Waals surface area contributed by atoms with Crippen molar-refractivity contribution in [3.8, 4) is 44.5 Å². The average molecular weight is 810 g/mol. The van der Waals surface area contributed by atoms with E-state index in [1.54, 1.807) is 0 Å². The van der Waals surface area contributed by atoms with Crippen LogP contribution < -0.4 is 4.90 Å². The molecule has 11 aromatic rings. The van der Waals surface area contributed by atoms with Crippen LogP contribution in [-0.2, 0) is 10.8 Å². The molecule has 2 heterocycles. The fourth-order valence-electron chi connectivity index (χ4n) is 11.1. The molecule has 2 aliphatic carbocycles. The summed E-state index contributed by atoms with van der Waals surface area (Å²) in [6.07, 6.45) is 0. The molecule has 0 unspecified atom stereocenters. The highest BCUT2D eigenvalue weighted by molar-refractivity contribution is 6.23. The first-order chi connectivity index (χ1) is 30.7. The van der Waals surface area contributed by atoms with Gasteiger partial charge < -0.3 is 13.7 Å². The molecule has 300 valence electrons. The number of para-hydroxylation sites is 1. The summed E-state index contributed by atoms with van der Waals surface area (Å²) >= 11 is 0. The lowest BCUT2D eigenvalue weighted by Crippen LogP contribution is -2.18. The third-order valence-corrected chi connectivity index (χ3v) is 14.3. The van der Waals surface area contributed by atoms with E-state index in [1.165, 1.54) is 55.6 Å². The highest BCUT2D eigenvalue weighted by Crippen LogP contribution is 2.54. The lowest BCUT2D eigenvalue weighted by Gasteiger charge is -2.29. The van der Waals surface area contributed by atoms with Gasteiger partial charge in [-0.3, -0.25) is 0 Å². The van der Waals surface area contributed by atoms with Gasteiger partial charge in [-0.25, -0.2) is 0 Å². The molecule has 2 aliphatic rings. The molecule has 63 heavy (non-hydrogen) atoms. The van der Waals surface area contributed by atoms with Crippen molar-refractivity contribution in [2.75, 3.05) is 4.90 Å². The largest absolute Gasteiger partial charge is 0.456 e. The Labute approximate surface area is 366 Å². The van der Waals surface area contributed by atoms with Gasteiger partial charge in [0.15, 0.2) is 0 Å². The highest BCUT2D eigenvalue weighted by atomic mass is 16.3. The van der Waals surface area contributed by atoms with E-state index in [-0.39, 0.29) is 10.8 Å². The fraction of sp³-hybridized carbons (Fsp3) is 0.100. The predicted molar refractivity (Wildman–Crippen MR) is 262 cm³/mol. The minimum absolute atomic E-state index is 0.144. The molecule has 0 N–H and O–H groups in total. The number of fused-ring (bicyclic) bond motifs is 12. The number of nitrogens with zero attached hydrogens (tertiary/aromatic N) is 1. The minimum atomic E-state index is -0.144. The summed E-state index contributed by atoms with van der Waals surface area (Å²) in [5.41, 5.74) is 21.5. The number of anilines is 3. The molecule has 0 radical (unpaired) electrons. The van der Waals surface area contributed by atoms with Crippen molar-refractivity contribution >= 4 is 60.9 Å². The van der Waals surface area contributed by atoms with Crippen molar-refractivity contribution in [1.82, 2.24) is 0 Å². The van der Waals surface area contributed by atoms with E-state index >= 15 is 0 Å². The van der Waals surface area contributed by atoms with Crippen LogP contribution >= 0.6 is 0 Å². The molecular weight excluding hydrogens is 767 g/mol. The molecule has 0 aliphatic heterocycles. The van der Waals surface area contributed by atoms with Crippen LogP contribution in [0.2, 0.25) is 0 Å². The van der Waals surface area contributed by atoms with Gasteiger partial charge in [0, 0.05) is 61.1 Å². The number of hydrogen-bond acceptors (Lipinski definition) is 3. The second-order valence-electron chi connectivity index (χ2n) is 18.5. The first kappa shape index (κ1) is 36.1. The zero-order valence-corrected chi connectivity index (χ0v) is 35.7. The quantitative estimate of drug-likeness (QED) is 0.173. The van der Waals surface area contributed by atoms with Gasteiger partial charge in [-0.2, -0.15) is 0 Å². The van der Waals surface area contributed by atoms with Crippen molar-refractivity contribution in [2.45, 2.75) is 38.5 Å². The van der Waals surface area contributed by atoms with Gasteiger partial charge in [0.2, 0.25) is 0 Å². The van der Waals surface area contributed by atoms with E-state index in [4.69, 9.17) is 8.83 Å². The molecular formula is C60H43NO2.